The molecule has 0 bridgehead atoms. The highest BCUT2D eigenvalue weighted by Gasteiger charge is 2.12. The second-order valence-corrected chi connectivity index (χ2v) is 3.21. The number of hydrogen-bond acceptors (Lipinski definition) is 2. The molecule has 3 N–H and O–H groups in total. The van der Waals surface area contributed by atoms with Crippen molar-refractivity contribution in [2.24, 2.45) is 5.73 Å². The maximum Gasteiger partial charge on any atom is 0.142 e. The van der Waals surface area contributed by atoms with Gasteiger partial charge in [-0.05, 0) is 24.1 Å². The van der Waals surface area contributed by atoms with Crippen LogP contribution in [-0.4, -0.2) is 11.7 Å². The Hall–Kier alpha value is -0.640. The Bertz CT molecular complexity index is 317. The molecule has 0 spiro atoms. The molecule has 0 saturated carbocycles. The smallest absolute Gasteiger partial charge is 0.142 e. The number of aliphatic hydroxyl groups is 1. The Morgan fingerprint density at radius 3 is 2.77 bits per heavy atom. The van der Waals surface area contributed by atoms with Crippen LogP contribution >= 0.6 is 11.6 Å². The monoisotopic (exact) mass is 203 g/mol. The quantitative estimate of drug-likeness (QED) is 0.770. The van der Waals surface area contributed by atoms with Crippen LogP contribution < -0.4 is 5.73 Å². The van der Waals surface area contributed by atoms with Crippen LogP contribution in [-0.2, 0) is 0 Å². The van der Waals surface area contributed by atoms with E-state index in [-0.39, 0.29) is 11.6 Å². The first kappa shape index (κ1) is 10.4. The topological polar surface area (TPSA) is 46.2 Å². The number of halogens is 2. The minimum Gasteiger partial charge on any atom is -0.387 e. The van der Waals surface area contributed by atoms with Crippen molar-refractivity contribution in [2.75, 3.05) is 6.54 Å². The average Bonchev–Trinajstić information content (AvgIpc) is 2.13. The molecule has 1 atom stereocenters. The van der Waals surface area contributed by atoms with E-state index in [2.05, 4.69) is 0 Å². The summed E-state index contributed by atoms with van der Waals surface area (Å²) in [5, 5.41) is 9.47. The van der Waals surface area contributed by atoms with E-state index in [1.807, 2.05) is 0 Å². The van der Waals surface area contributed by atoms with Crippen LogP contribution in [0.5, 0.6) is 0 Å². The fourth-order valence-electron chi connectivity index (χ4n) is 1.15. The summed E-state index contributed by atoms with van der Waals surface area (Å²) in [6, 6.07) is 2.72. The van der Waals surface area contributed by atoms with Crippen LogP contribution in [0.15, 0.2) is 12.1 Å². The molecule has 0 aliphatic carbocycles. The van der Waals surface area contributed by atoms with E-state index in [1.165, 1.54) is 12.1 Å². The van der Waals surface area contributed by atoms with Gasteiger partial charge in [0, 0.05) is 6.54 Å². The minimum atomic E-state index is -0.780. The molecule has 0 aromatic heterocycles. The van der Waals surface area contributed by atoms with E-state index < -0.39 is 11.9 Å². The third-order valence-electron chi connectivity index (χ3n) is 1.96. The zero-order valence-corrected chi connectivity index (χ0v) is 7.98. The van der Waals surface area contributed by atoms with Crippen molar-refractivity contribution in [3.63, 3.8) is 0 Å². The number of hydrogen-bond donors (Lipinski definition) is 2. The zero-order valence-electron chi connectivity index (χ0n) is 7.22. The summed E-state index contributed by atoms with van der Waals surface area (Å²) in [7, 11) is 0. The number of benzene rings is 1. The summed E-state index contributed by atoms with van der Waals surface area (Å²) in [5.74, 6) is -0.480. The highest BCUT2D eigenvalue weighted by molar-refractivity contribution is 6.31. The van der Waals surface area contributed by atoms with E-state index in [0.717, 1.165) is 0 Å². The van der Waals surface area contributed by atoms with E-state index in [1.54, 1.807) is 6.92 Å². The Morgan fingerprint density at radius 1 is 1.62 bits per heavy atom. The molecule has 1 aromatic carbocycles. The lowest BCUT2D eigenvalue weighted by Crippen LogP contribution is -2.13. The lowest BCUT2D eigenvalue weighted by Gasteiger charge is -2.12. The molecule has 1 rings (SSSR count). The molecule has 0 fully saturated rings. The fraction of sp³-hybridized carbons (Fsp3) is 0.333. The zero-order chi connectivity index (χ0) is 10.0. The number of nitrogens with two attached hydrogens (primary N) is 1. The minimum absolute atomic E-state index is 0.0463. The van der Waals surface area contributed by atoms with Crippen molar-refractivity contribution in [1.82, 2.24) is 0 Å². The summed E-state index contributed by atoms with van der Waals surface area (Å²) >= 11 is 5.66. The molecular formula is C9H11ClFNO. The van der Waals surface area contributed by atoms with Crippen molar-refractivity contribution in [1.29, 1.82) is 0 Å². The van der Waals surface area contributed by atoms with Crippen LogP contribution in [0.25, 0.3) is 0 Å². The average molecular weight is 204 g/mol. The standard InChI is InChI=1S/C9H11ClFNO/c1-5-6(8(13)4-12)2-3-7(11)9(5)10/h2-3,8,13H,4,12H2,1H3. The second kappa shape index (κ2) is 4.05. The molecule has 0 heterocycles. The van der Waals surface area contributed by atoms with Crippen molar-refractivity contribution < 1.29 is 9.50 Å². The van der Waals surface area contributed by atoms with Gasteiger partial charge in [-0.3, -0.25) is 0 Å². The lowest BCUT2D eigenvalue weighted by molar-refractivity contribution is 0.186. The Kier molecular flexibility index (Phi) is 3.25. The van der Waals surface area contributed by atoms with Crippen LogP contribution in [0.4, 0.5) is 4.39 Å². The van der Waals surface area contributed by atoms with Gasteiger partial charge < -0.3 is 10.8 Å². The summed E-state index contributed by atoms with van der Waals surface area (Å²) in [4.78, 5) is 0. The van der Waals surface area contributed by atoms with E-state index >= 15 is 0 Å². The summed E-state index contributed by atoms with van der Waals surface area (Å²) in [6.45, 7) is 1.75. The van der Waals surface area contributed by atoms with Gasteiger partial charge in [-0.2, -0.15) is 0 Å². The highest BCUT2D eigenvalue weighted by atomic mass is 35.5. The molecular weight excluding hydrogens is 193 g/mol. The predicted molar refractivity (Wildman–Crippen MR) is 50.2 cm³/mol. The highest BCUT2D eigenvalue weighted by Crippen LogP contribution is 2.26. The number of aliphatic hydroxyl groups excluding tert-OH is 1. The summed E-state index contributed by atoms with van der Waals surface area (Å²) in [5.41, 5.74) is 6.39. The molecule has 0 aliphatic rings. The normalized spacial score (nSPS) is 13.0. The SMILES string of the molecule is Cc1c(C(O)CN)ccc(F)c1Cl. The molecule has 13 heavy (non-hydrogen) atoms. The van der Waals surface area contributed by atoms with Crippen LogP contribution in [0, 0.1) is 12.7 Å². The summed E-state index contributed by atoms with van der Waals surface area (Å²) in [6.07, 6.45) is -0.780. The van der Waals surface area contributed by atoms with Crippen LogP contribution in [0.2, 0.25) is 5.02 Å². The Morgan fingerprint density at radius 2 is 2.23 bits per heavy atom. The van der Waals surface area contributed by atoms with E-state index in [0.29, 0.717) is 11.1 Å². The van der Waals surface area contributed by atoms with Gasteiger partial charge >= 0.3 is 0 Å². The van der Waals surface area contributed by atoms with Gasteiger partial charge in [0.1, 0.15) is 5.82 Å². The van der Waals surface area contributed by atoms with E-state index in [4.69, 9.17) is 17.3 Å². The maximum absolute atomic E-state index is 12.9. The Labute approximate surface area is 81.1 Å². The van der Waals surface area contributed by atoms with Crippen molar-refractivity contribution in [3.8, 4) is 0 Å². The molecule has 0 amide bonds. The first-order valence-electron chi connectivity index (χ1n) is 3.90. The molecule has 2 nitrogen and oxygen atoms in total. The number of rotatable bonds is 2. The summed E-state index contributed by atoms with van der Waals surface area (Å²) < 4.78 is 12.9. The van der Waals surface area contributed by atoms with Gasteiger partial charge in [0.2, 0.25) is 0 Å². The lowest BCUT2D eigenvalue weighted by atomic mass is 10.0. The van der Waals surface area contributed by atoms with Gasteiger partial charge in [-0.25, -0.2) is 4.39 Å². The largest absolute Gasteiger partial charge is 0.387 e. The third-order valence-corrected chi connectivity index (χ3v) is 2.43. The van der Waals surface area contributed by atoms with Crippen LogP contribution in [0.3, 0.4) is 0 Å². The molecule has 72 valence electrons. The van der Waals surface area contributed by atoms with Gasteiger partial charge in [-0.15, -0.1) is 0 Å². The van der Waals surface area contributed by atoms with E-state index in [9.17, 15) is 9.50 Å². The molecule has 1 aromatic rings. The molecule has 0 aliphatic heterocycles. The molecule has 0 saturated heterocycles. The first-order chi connectivity index (χ1) is 6.07. The van der Waals surface area contributed by atoms with Crippen molar-refractivity contribution in [3.05, 3.63) is 34.1 Å². The first-order valence-corrected chi connectivity index (χ1v) is 4.28. The van der Waals surface area contributed by atoms with Crippen molar-refractivity contribution >= 4 is 11.6 Å². The second-order valence-electron chi connectivity index (χ2n) is 2.83. The van der Waals surface area contributed by atoms with Gasteiger partial charge in [0.25, 0.3) is 0 Å². The molecule has 4 heteroatoms. The van der Waals surface area contributed by atoms with Crippen LogP contribution in [0.1, 0.15) is 17.2 Å². The molecule has 0 radical (unpaired) electrons. The van der Waals surface area contributed by atoms with Gasteiger partial charge in [-0.1, -0.05) is 17.7 Å². The maximum atomic E-state index is 12.9. The van der Waals surface area contributed by atoms with Crippen molar-refractivity contribution in [2.45, 2.75) is 13.0 Å². The molecule has 1 unspecified atom stereocenters. The predicted octanol–water partition coefficient (Wildman–Crippen LogP) is 1.78. The third kappa shape index (κ3) is 1.99. The fourth-order valence-corrected chi connectivity index (χ4v) is 1.33. The Balaban J connectivity index is 3.18. The van der Waals surface area contributed by atoms with Gasteiger partial charge in [0.15, 0.2) is 0 Å². The van der Waals surface area contributed by atoms with Gasteiger partial charge in [0.05, 0.1) is 11.1 Å².